The summed E-state index contributed by atoms with van der Waals surface area (Å²) in [5, 5.41) is 9.75. The fraction of sp³-hybridized carbons (Fsp3) is 0.280. The van der Waals surface area contributed by atoms with Gasteiger partial charge in [0, 0.05) is 0 Å². The molecule has 0 radical (unpaired) electrons. The zero-order chi connectivity index (χ0) is 20.4. The van der Waals surface area contributed by atoms with E-state index in [9.17, 15) is 5.11 Å². The Morgan fingerprint density at radius 1 is 1.00 bits per heavy atom. The van der Waals surface area contributed by atoms with Gasteiger partial charge in [0.2, 0.25) is 0 Å². The molecular formula is C25H29IO2. The molecule has 0 heterocycles. The monoisotopic (exact) mass is 488 g/mol. The number of benzene rings is 2. The number of phenolic OH excluding ortho intramolecular Hbond substituents is 1. The molecular weight excluding hydrogens is 459 g/mol. The predicted molar refractivity (Wildman–Crippen MR) is 128 cm³/mol. The van der Waals surface area contributed by atoms with Crippen LogP contribution in [0, 0.1) is 0 Å². The Hall–Kier alpha value is -2.01. The number of unbranched alkanes of at least 4 members (excludes halogenated alkanes) is 2. The van der Waals surface area contributed by atoms with E-state index in [2.05, 4.69) is 38.6 Å². The minimum Gasteiger partial charge on any atom is -0.508 e. The summed E-state index contributed by atoms with van der Waals surface area (Å²) < 4.78 is 5.31. The second-order valence-electron chi connectivity index (χ2n) is 6.78. The fourth-order valence-corrected chi connectivity index (χ4v) is 3.50. The summed E-state index contributed by atoms with van der Waals surface area (Å²) >= 11 is 1.90. The van der Waals surface area contributed by atoms with E-state index in [0.717, 1.165) is 36.1 Å². The van der Waals surface area contributed by atoms with Crippen LogP contribution in [0.1, 0.15) is 57.1 Å². The van der Waals surface area contributed by atoms with Crippen LogP contribution < -0.4 is 3.07 Å². The van der Waals surface area contributed by atoms with Gasteiger partial charge < -0.3 is 8.17 Å². The molecule has 0 aliphatic heterocycles. The Balaban J connectivity index is 2.67. The van der Waals surface area contributed by atoms with Crippen molar-refractivity contribution in [3.8, 4) is 11.5 Å². The zero-order valence-corrected chi connectivity index (χ0v) is 18.9. The summed E-state index contributed by atoms with van der Waals surface area (Å²) in [4.78, 5) is 0. The summed E-state index contributed by atoms with van der Waals surface area (Å²) in [6.45, 7) is 8.36. The maximum absolute atomic E-state index is 9.75. The number of rotatable bonds is 10. The molecule has 3 heteroatoms. The van der Waals surface area contributed by atoms with E-state index in [1.165, 1.54) is 29.6 Å². The number of aromatic hydroxyl groups is 1. The molecule has 2 rings (SSSR count). The van der Waals surface area contributed by atoms with Crippen molar-refractivity contribution in [3.63, 3.8) is 0 Å². The summed E-state index contributed by atoms with van der Waals surface area (Å²) in [5.41, 5.74) is 5.98. The summed E-state index contributed by atoms with van der Waals surface area (Å²) in [7, 11) is 0. The van der Waals surface area contributed by atoms with Gasteiger partial charge in [-0.15, -0.1) is 0 Å². The van der Waals surface area contributed by atoms with Gasteiger partial charge in [-0.3, -0.25) is 0 Å². The van der Waals surface area contributed by atoms with Crippen LogP contribution in [0.25, 0.3) is 5.57 Å². The molecule has 28 heavy (non-hydrogen) atoms. The van der Waals surface area contributed by atoms with Gasteiger partial charge in [0.15, 0.2) is 23.0 Å². The zero-order valence-electron chi connectivity index (χ0n) is 16.7. The van der Waals surface area contributed by atoms with Crippen LogP contribution in [0.2, 0.25) is 0 Å². The van der Waals surface area contributed by atoms with E-state index in [0.29, 0.717) is 0 Å². The van der Waals surface area contributed by atoms with Crippen LogP contribution in [-0.4, -0.2) is 5.11 Å². The first-order valence-electron chi connectivity index (χ1n) is 9.87. The smallest absolute Gasteiger partial charge is 0.192 e. The summed E-state index contributed by atoms with van der Waals surface area (Å²) in [6.07, 6.45) is 9.73. The van der Waals surface area contributed by atoms with Crippen LogP contribution in [0.5, 0.6) is 11.5 Å². The van der Waals surface area contributed by atoms with Crippen molar-refractivity contribution < 1.29 is 8.17 Å². The Labute approximate surface area is 183 Å². The van der Waals surface area contributed by atoms with Gasteiger partial charge in [-0.25, -0.2) is 0 Å². The van der Waals surface area contributed by atoms with Gasteiger partial charge in [0.1, 0.15) is 11.5 Å². The number of halogens is 1. The molecule has 2 aromatic carbocycles. The van der Waals surface area contributed by atoms with E-state index in [4.69, 9.17) is 3.07 Å². The Bertz CT molecular complexity index is 815. The van der Waals surface area contributed by atoms with E-state index in [1.807, 2.05) is 53.3 Å². The highest BCUT2D eigenvalue weighted by molar-refractivity contribution is 14.1. The number of phenols is 1. The summed E-state index contributed by atoms with van der Waals surface area (Å²) in [5.74, 6) is 1.11. The highest BCUT2D eigenvalue weighted by Gasteiger charge is 2.12. The lowest BCUT2D eigenvalue weighted by Gasteiger charge is -2.16. The average Bonchev–Trinajstić information content (AvgIpc) is 2.73. The highest BCUT2D eigenvalue weighted by atomic mass is 127. The lowest BCUT2D eigenvalue weighted by Crippen LogP contribution is -1.96. The second-order valence-corrected chi connectivity index (χ2v) is 7.22. The molecule has 0 spiro atoms. The first kappa shape index (κ1) is 22.3. The predicted octanol–water partition coefficient (Wildman–Crippen LogP) is 8.03. The molecule has 148 valence electrons. The molecule has 0 saturated carbocycles. The minimum atomic E-state index is 0.278. The third kappa shape index (κ3) is 6.26. The van der Waals surface area contributed by atoms with Gasteiger partial charge in [0.25, 0.3) is 0 Å². The molecule has 0 aliphatic carbocycles. The Kier molecular flexibility index (Phi) is 9.35. The van der Waals surface area contributed by atoms with Crippen molar-refractivity contribution in [2.24, 2.45) is 0 Å². The molecule has 0 amide bonds. The van der Waals surface area contributed by atoms with Crippen LogP contribution in [0.3, 0.4) is 0 Å². The average molecular weight is 488 g/mol. The van der Waals surface area contributed by atoms with E-state index >= 15 is 0 Å². The van der Waals surface area contributed by atoms with Crippen LogP contribution in [-0.2, 0) is 0 Å². The van der Waals surface area contributed by atoms with Crippen molar-refractivity contribution in [3.05, 3.63) is 89.5 Å². The molecule has 0 unspecified atom stereocenters. The molecule has 0 atom stereocenters. The summed E-state index contributed by atoms with van der Waals surface area (Å²) in [6, 6.07) is 15.7. The fourth-order valence-electron chi connectivity index (χ4n) is 3.20. The van der Waals surface area contributed by atoms with Crippen molar-refractivity contribution in [2.45, 2.75) is 46.0 Å². The van der Waals surface area contributed by atoms with Gasteiger partial charge in [-0.2, -0.15) is 0 Å². The molecule has 0 bridgehead atoms. The molecule has 0 aliphatic rings. The lowest BCUT2D eigenvalue weighted by atomic mass is 9.89. The molecule has 2 aromatic rings. The molecule has 1 N–H and O–H groups in total. The van der Waals surface area contributed by atoms with E-state index < -0.39 is 0 Å². The van der Waals surface area contributed by atoms with Crippen LogP contribution >= 0.6 is 23.0 Å². The lowest BCUT2D eigenvalue weighted by molar-refractivity contribution is 0.475. The normalized spacial score (nSPS) is 12.5. The van der Waals surface area contributed by atoms with Gasteiger partial charge in [-0.1, -0.05) is 69.7 Å². The second kappa shape index (κ2) is 11.7. The topological polar surface area (TPSA) is 29.5 Å². The van der Waals surface area contributed by atoms with Crippen molar-refractivity contribution in [1.82, 2.24) is 0 Å². The van der Waals surface area contributed by atoms with E-state index in [1.54, 1.807) is 12.1 Å². The van der Waals surface area contributed by atoms with Crippen molar-refractivity contribution in [1.29, 1.82) is 0 Å². The minimum absolute atomic E-state index is 0.278. The maximum Gasteiger partial charge on any atom is 0.192 e. The Morgan fingerprint density at radius 2 is 1.61 bits per heavy atom. The van der Waals surface area contributed by atoms with Gasteiger partial charge >= 0.3 is 0 Å². The molecule has 0 saturated heterocycles. The van der Waals surface area contributed by atoms with E-state index in [-0.39, 0.29) is 5.75 Å². The van der Waals surface area contributed by atoms with Crippen molar-refractivity contribution in [2.75, 3.05) is 0 Å². The first-order chi connectivity index (χ1) is 13.6. The Morgan fingerprint density at radius 3 is 2.11 bits per heavy atom. The third-order valence-electron chi connectivity index (χ3n) is 4.79. The quantitative estimate of drug-likeness (QED) is 0.208. The van der Waals surface area contributed by atoms with Crippen molar-refractivity contribution >= 4 is 28.6 Å². The largest absolute Gasteiger partial charge is 0.508 e. The third-order valence-corrected chi connectivity index (χ3v) is 5.30. The number of hydrogen-bond donors (Lipinski definition) is 1. The number of allylic oxidation sites excluding steroid dienone is 4. The standard InChI is InChI=1S/C25H29IO2/c1-4-7-8-9-22(18-19(5-2)6-3)25(20-10-14-23(27)15-11-20)21-12-16-24(28-26)17-13-21/h5,10-18,27H,2,4,6-9H2,1,3H3/b19-18+,25-22+. The molecule has 0 aromatic heterocycles. The maximum atomic E-state index is 9.75. The van der Waals surface area contributed by atoms with Gasteiger partial charge in [0.05, 0.1) is 0 Å². The number of hydrogen-bond acceptors (Lipinski definition) is 2. The van der Waals surface area contributed by atoms with Crippen LogP contribution in [0.4, 0.5) is 0 Å². The molecule has 2 nitrogen and oxygen atoms in total. The van der Waals surface area contributed by atoms with Crippen LogP contribution in [0.15, 0.2) is 78.4 Å². The first-order valence-corrected chi connectivity index (χ1v) is 10.8. The molecule has 0 fully saturated rings. The highest BCUT2D eigenvalue weighted by Crippen LogP contribution is 2.33. The SMILES string of the molecule is C=C/C(=C\C(CCCCC)=C(/c1ccc(O)cc1)c1ccc(OI)cc1)CC. The van der Waals surface area contributed by atoms with Gasteiger partial charge in [-0.05, 0) is 71.4 Å².